The number of benzene rings is 1. The zero-order chi connectivity index (χ0) is 17.4. The van der Waals surface area contributed by atoms with Crippen LogP contribution >= 0.6 is 0 Å². The second-order valence-corrected chi connectivity index (χ2v) is 6.25. The van der Waals surface area contributed by atoms with E-state index in [0.717, 1.165) is 22.2 Å². The fourth-order valence-corrected chi connectivity index (χ4v) is 3.54. The maximum absolute atomic E-state index is 12.7. The molecule has 1 saturated heterocycles. The van der Waals surface area contributed by atoms with Gasteiger partial charge in [0.25, 0.3) is 5.91 Å². The summed E-state index contributed by atoms with van der Waals surface area (Å²) in [5.41, 5.74) is 3.40. The number of carbonyl (C=O) groups is 2. The Balaban J connectivity index is 1.64. The van der Waals surface area contributed by atoms with Gasteiger partial charge in [0, 0.05) is 36.2 Å². The molecule has 0 saturated carbocycles. The predicted molar refractivity (Wildman–Crippen MR) is 89.3 cm³/mol. The molecule has 2 aliphatic heterocycles. The summed E-state index contributed by atoms with van der Waals surface area (Å²) >= 11 is 0. The summed E-state index contributed by atoms with van der Waals surface area (Å²) in [4.78, 5) is 29.8. The van der Waals surface area contributed by atoms with Crippen LogP contribution in [0, 0.1) is 0 Å². The number of H-pyrrole nitrogens is 1. The largest absolute Gasteiger partial charge is 0.465 e. The first-order valence-electron chi connectivity index (χ1n) is 8.38. The van der Waals surface area contributed by atoms with Crippen LogP contribution in [0.1, 0.15) is 21.6 Å². The van der Waals surface area contributed by atoms with Crippen LogP contribution in [0.5, 0.6) is 0 Å². The Kier molecular flexibility index (Phi) is 4.19. The highest BCUT2D eigenvalue weighted by Gasteiger charge is 2.31. The molecule has 3 heterocycles. The Labute approximate surface area is 144 Å². The Morgan fingerprint density at radius 2 is 2.20 bits per heavy atom. The van der Waals surface area contributed by atoms with Crippen LogP contribution in [0.2, 0.25) is 0 Å². The van der Waals surface area contributed by atoms with Crippen LogP contribution in [-0.2, 0) is 32.0 Å². The van der Waals surface area contributed by atoms with E-state index in [9.17, 15) is 9.59 Å². The Morgan fingerprint density at radius 1 is 1.32 bits per heavy atom. The van der Waals surface area contributed by atoms with E-state index in [4.69, 9.17) is 14.2 Å². The quantitative estimate of drug-likeness (QED) is 0.830. The third kappa shape index (κ3) is 2.79. The van der Waals surface area contributed by atoms with E-state index in [2.05, 4.69) is 4.98 Å². The lowest BCUT2D eigenvalue weighted by Gasteiger charge is -2.32. The minimum absolute atomic E-state index is 0.0381. The number of nitrogens with one attached hydrogen (secondary N) is 1. The van der Waals surface area contributed by atoms with Crippen molar-refractivity contribution in [2.75, 3.05) is 33.5 Å². The molecule has 1 amide bonds. The molecule has 4 rings (SSSR count). The number of rotatable bonds is 2. The number of nitrogens with zero attached hydrogens (tertiary/aromatic N) is 1. The predicted octanol–water partition coefficient (Wildman–Crippen LogP) is 1.25. The van der Waals surface area contributed by atoms with Crippen molar-refractivity contribution in [2.24, 2.45) is 0 Å². The van der Waals surface area contributed by atoms with Crippen LogP contribution < -0.4 is 0 Å². The molecule has 1 aromatic heterocycles. The average molecular weight is 344 g/mol. The Morgan fingerprint density at radius 3 is 2.96 bits per heavy atom. The molecule has 0 spiro atoms. The highest BCUT2D eigenvalue weighted by molar-refractivity contribution is 6.04. The molecule has 0 radical (unpaired) electrons. The maximum atomic E-state index is 12.7. The van der Waals surface area contributed by atoms with E-state index in [1.807, 2.05) is 12.1 Å². The third-order valence-electron chi connectivity index (χ3n) is 4.82. The van der Waals surface area contributed by atoms with Gasteiger partial charge in [-0.05, 0) is 6.07 Å². The monoisotopic (exact) mass is 344 g/mol. The summed E-state index contributed by atoms with van der Waals surface area (Å²) in [6.07, 6.45) is 0.190. The van der Waals surface area contributed by atoms with E-state index in [1.54, 1.807) is 11.0 Å². The lowest BCUT2D eigenvalue weighted by atomic mass is 10.0. The van der Waals surface area contributed by atoms with Gasteiger partial charge in [-0.15, -0.1) is 0 Å². The highest BCUT2D eigenvalue weighted by atomic mass is 16.6. The molecule has 132 valence electrons. The molecule has 7 nitrogen and oxygen atoms in total. The van der Waals surface area contributed by atoms with Gasteiger partial charge in [-0.1, -0.05) is 12.1 Å². The first-order chi connectivity index (χ1) is 12.2. The second kappa shape index (κ2) is 6.50. The molecule has 1 fully saturated rings. The van der Waals surface area contributed by atoms with Crippen LogP contribution in [0.15, 0.2) is 18.2 Å². The minimum atomic E-state index is -0.522. The van der Waals surface area contributed by atoms with Crippen molar-refractivity contribution < 1.29 is 23.8 Å². The number of carbonyl (C=O) groups excluding carboxylic acids is 2. The van der Waals surface area contributed by atoms with Gasteiger partial charge in [-0.2, -0.15) is 0 Å². The van der Waals surface area contributed by atoms with Crippen molar-refractivity contribution in [2.45, 2.75) is 19.1 Å². The van der Waals surface area contributed by atoms with Gasteiger partial charge in [-0.25, -0.2) is 4.79 Å². The smallest absolute Gasteiger partial charge is 0.339 e. The SMILES string of the molecule is COC(=O)c1cccc2c3c([nH]c12)CCN(C(=O)[C@@H]1COCCO1)C3. The van der Waals surface area contributed by atoms with E-state index < -0.39 is 6.10 Å². The average Bonchev–Trinajstić information content (AvgIpc) is 3.05. The molecule has 2 aliphatic rings. The molecule has 1 aromatic carbocycles. The molecule has 0 unspecified atom stereocenters. The normalized spacial score (nSPS) is 20.4. The summed E-state index contributed by atoms with van der Waals surface area (Å²) in [6.45, 7) is 2.41. The highest BCUT2D eigenvalue weighted by Crippen LogP contribution is 2.30. The van der Waals surface area contributed by atoms with Crippen molar-refractivity contribution >= 4 is 22.8 Å². The number of ether oxygens (including phenoxy) is 3. The Bertz CT molecular complexity index is 822. The topological polar surface area (TPSA) is 80.9 Å². The van der Waals surface area contributed by atoms with E-state index >= 15 is 0 Å². The summed E-state index contributed by atoms with van der Waals surface area (Å²) in [5, 5.41) is 0.955. The maximum Gasteiger partial charge on any atom is 0.339 e. The minimum Gasteiger partial charge on any atom is -0.465 e. The summed E-state index contributed by atoms with van der Waals surface area (Å²) in [6, 6.07) is 5.54. The van der Waals surface area contributed by atoms with Crippen LogP contribution in [0.3, 0.4) is 0 Å². The van der Waals surface area contributed by atoms with Crippen molar-refractivity contribution in [1.82, 2.24) is 9.88 Å². The number of aromatic amines is 1. The van der Waals surface area contributed by atoms with E-state index in [-0.39, 0.29) is 11.9 Å². The summed E-state index contributed by atoms with van der Waals surface area (Å²) in [7, 11) is 1.37. The molecule has 1 atom stereocenters. The van der Waals surface area contributed by atoms with E-state index in [0.29, 0.717) is 44.9 Å². The zero-order valence-corrected chi connectivity index (χ0v) is 14.0. The number of aromatic nitrogens is 1. The summed E-state index contributed by atoms with van der Waals surface area (Å²) in [5.74, 6) is -0.409. The number of hydrogen-bond donors (Lipinski definition) is 1. The molecular formula is C18H20N2O5. The van der Waals surface area contributed by atoms with Crippen molar-refractivity contribution in [1.29, 1.82) is 0 Å². The molecule has 7 heteroatoms. The van der Waals surface area contributed by atoms with Gasteiger partial charge in [0.05, 0.1) is 38.0 Å². The molecule has 25 heavy (non-hydrogen) atoms. The van der Waals surface area contributed by atoms with Crippen LogP contribution in [-0.4, -0.2) is 61.3 Å². The number of methoxy groups -OCH3 is 1. The van der Waals surface area contributed by atoms with Crippen molar-refractivity contribution in [3.8, 4) is 0 Å². The van der Waals surface area contributed by atoms with E-state index in [1.165, 1.54) is 7.11 Å². The van der Waals surface area contributed by atoms with Gasteiger partial charge in [0.2, 0.25) is 0 Å². The van der Waals surface area contributed by atoms with Crippen molar-refractivity contribution in [3.63, 3.8) is 0 Å². The number of fused-ring (bicyclic) bond motifs is 3. The third-order valence-corrected chi connectivity index (χ3v) is 4.82. The lowest BCUT2D eigenvalue weighted by Crippen LogP contribution is -2.46. The van der Waals surface area contributed by atoms with Crippen molar-refractivity contribution in [3.05, 3.63) is 35.0 Å². The second-order valence-electron chi connectivity index (χ2n) is 6.25. The molecular weight excluding hydrogens is 324 g/mol. The molecule has 1 N–H and O–H groups in total. The number of amides is 1. The molecule has 0 aliphatic carbocycles. The number of para-hydroxylation sites is 1. The molecule has 0 bridgehead atoms. The van der Waals surface area contributed by atoms with Gasteiger partial charge in [-0.3, -0.25) is 4.79 Å². The standard InChI is InChI=1S/C18H20N2O5/c1-23-18(22)12-4-2-3-11-13-9-20(6-5-14(13)19-16(11)12)17(21)15-10-24-7-8-25-15/h2-4,15,19H,5-10H2,1H3/t15-/m0/s1. The van der Waals surface area contributed by atoms with Gasteiger partial charge < -0.3 is 24.1 Å². The van der Waals surface area contributed by atoms with Gasteiger partial charge in [0.1, 0.15) is 0 Å². The van der Waals surface area contributed by atoms with Gasteiger partial charge >= 0.3 is 5.97 Å². The fraction of sp³-hybridized carbons (Fsp3) is 0.444. The van der Waals surface area contributed by atoms with Crippen LogP contribution in [0.4, 0.5) is 0 Å². The first-order valence-corrected chi connectivity index (χ1v) is 8.38. The first kappa shape index (κ1) is 16.1. The zero-order valence-electron chi connectivity index (χ0n) is 14.0. The molecule has 2 aromatic rings. The fourth-order valence-electron chi connectivity index (χ4n) is 3.54. The number of hydrogen-bond acceptors (Lipinski definition) is 5. The Hall–Kier alpha value is -2.38. The number of esters is 1. The summed E-state index contributed by atoms with van der Waals surface area (Å²) < 4.78 is 15.7. The lowest BCUT2D eigenvalue weighted by molar-refractivity contribution is -0.158. The van der Waals surface area contributed by atoms with Crippen LogP contribution in [0.25, 0.3) is 10.9 Å². The van der Waals surface area contributed by atoms with Gasteiger partial charge in [0.15, 0.2) is 6.10 Å².